The molecule has 0 aliphatic carbocycles. The highest BCUT2D eigenvalue weighted by Gasteiger charge is 2.67. The number of rotatable bonds is 12. The fourth-order valence-electron chi connectivity index (χ4n) is 10.2. The number of halogens is 1. The van der Waals surface area contributed by atoms with E-state index >= 15 is 8.90 Å². The van der Waals surface area contributed by atoms with Crippen molar-refractivity contribution in [1.29, 1.82) is 0 Å². The van der Waals surface area contributed by atoms with E-state index in [9.17, 15) is 24.8 Å². The molecule has 4 aromatic rings. The Morgan fingerprint density at radius 1 is 0.950 bits per heavy atom. The molecule has 2 spiro atoms. The average molecular weight is 835 g/mol. The summed E-state index contributed by atoms with van der Waals surface area (Å²) in [5.41, 5.74) is 0.284. The van der Waals surface area contributed by atoms with Crippen LogP contribution in [0.15, 0.2) is 103 Å². The number of nitro benzene ring substituents is 1. The number of piperidine rings is 1. The number of carbonyl (C=O) groups excluding carboxylic acids is 3. The Bertz CT molecular complexity index is 2270. The molecule has 2 N–H and O–H groups in total. The van der Waals surface area contributed by atoms with Crippen molar-refractivity contribution in [2.75, 3.05) is 47.6 Å². The van der Waals surface area contributed by atoms with Gasteiger partial charge in [0.15, 0.2) is 5.60 Å². The maximum atomic E-state index is 16.6. The Hall–Kier alpha value is -5.48. The monoisotopic (exact) mass is 834 g/mol. The van der Waals surface area contributed by atoms with E-state index < -0.39 is 47.9 Å². The second kappa shape index (κ2) is 16.2. The van der Waals surface area contributed by atoms with E-state index in [4.69, 9.17) is 4.74 Å². The number of ether oxygens (including phenoxy) is 1. The topological polar surface area (TPSA) is 149 Å². The lowest BCUT2D eigenvalue weighted by Crippen LogP contribution is -2.55. The van der Waals surface area contributed by atoms with Crippen LogP contribution in [0.2, 0.25) is 18.6 Å². The van der Waals surface area contributed by atoms with Crippen LogP contribution in [0.25, 0.3) is 0 Å². The largest absolute Gasteiger partial charge is 0.395 e. The van der Waals surface area contributed by atoms with Crippen molar-refractivity contribution in [2.24, 2.45) is 5.92 Å². The van der Waals surface area contributed by atoms with Gasteiger partial charge >= 0.3 is 0 Å². The number of fused-ring (bicyclic) bond motifs is 2. The van der Waals surface area contributed by atoms with Crippen molar-refractivity contribution in [1.82, 2.24) is 10.2 Å². The second-order valence-corrected chi connectivity index (χ2v) is 20.7. The summed E-state index contributed by atoms with van der Waals surface area (Å²) in [5, 5.41) is 25.5. The number of amides is 3. The first-order valence-electron chi connectivity index (χ1n) is 20.6. The maximum Gasteiger partial charge on any atom is 0.269 e. The van der Waals surface area contributed by atoms with Gasteiger partial charge in [0.05, 0.1) is 43.0 Å². The van der Waals surface area contributed by atoms with E-state index in [2.05, 4.69) is 10.2 Å². The zero-order valence-electron chi connectivity index (χ0n) is 34.1. The highest BCUT2D eigenvalue weighted by molar-refractivity contribution is 6.72. The SMILES string of the molecule is C[C@@H]1[C@@H]([Si](C)(C)F)[C@H](CC(=O)N(CCO)Cc2ccccc2)O[C@@]12C(=O)N(Cc1cccc(N3CN(c4ccccc4)C4(CCNCC4)C3=O)c1)c1ccc([N+](=O)[O-])cc12. The number of nitro groups is 1. The van der Waals surface area contributed by atoms with Gasteiger partial charge in [-0.2, -0.15) is 0 Å². The van der Waals surface area contributed by atoms with Gasteiger partial charge in [0.25, 0.3) is 17.5 Å². The zero-order chi connectivity index (χ0) is 42.4. The number of para-hydroxylation sites is 1. The minimum Gasteiger partial charge on any atom is -0.395 e. The summed E-state index contributed by atoms with van der Waals surface area (Å²) < 4.78 is 23.4. The highest BCUT2D eigenvalue weighted by atomic mass is 28.4. The van der Waals surface area contributed by atoms with Crippen LogP contribution < -0.4 is 20.0 Å². The molecule has 0 bridgehead atoms. The van der Waals surface area contributed by atoms with Gasteiger partial charge in [-0.05, 0) is 80.5 Å². The first-order chi connectivity index (χ1) is 28.8. The third-order valence-electron chi connectivity index (χ3n) is 13.0. The molecule has 4 aromatic carbocycles. The predicted octanol–water partition coefficient (Wildman–Crippen LogP) is 6.26. The second-order valence-electron chi connectivity index (χ2n) is 16.9. The highest BCUT2D eigenvalue weighted by Crippen LogP contribution is 2.61. The predicted molar refractivity (Wildman–Crippen MR) is 228 cm³/mol. The Labute approximate surface area is 350 Å². The standard InChI is InChI=1S/C45H51FN6O7Si/c1-31-41(60(2,3)46)39(27-40(54)48(23-24-53)28-32-11-6-4-7-12-32)59-45(31)37-26-36(52(57)58)17-18-38(37)49(43(45)56)29-33-13-10-16-35(25-33)50-30-51(34-14-8-5-9-15-34)44(42(50)55)19-21-47-22-20-44/h4-18,25-26,31,39,41,47,53H,19-24,27-30H2,1-3H3/t31-,39+,41-,45+/m1/s1. The van der Waals surface area contributed by atoms with Crippen LogP contribution in [0, 0.1) is 16.0 Å². The molecule has 3 amide bonds. The molecule has 4 aliphatic heterocycles. The van der Waals surface area contributed by atoms with E-state index in [0.29, 0.717) is 49.5 Å². The summed E-state index contributed by atoms with van der Waals surface area (Å²) in [5.74, 6) is -1.64. The molecule has 0 saturated carbocycles. The molecule has 314 valence electrons. The van der Waals surface area contributed by atoms with Crippen LogP contribution in [0.3, 0.4) is 0 Å². The number of hydrogen-bond donors (Lipinski definition) is 2. The first kappa shape index (κ1) is 41.3. The first-order valence-corrected chi connectivity index (χ1v) is 23.6. The molecule has 0 aromatic heterocycles. The van der Waals surface area contributed by atoms with Crippen molar-refractivity contribution in [3.63, 3.8) is 0 Å². The summed E-state index contributed by atoms with van der Waals surface area (Å²) in [6.07, 6.45) is 0.0407. The van der Waals surface area contributed by atoms with Gasteiger partial charge in [0, 0.05) is 53.6 Å². The van der Waals surface area contributed by atoms with Gasteiger partial charge in [-0.15, -0.1) is 0 Å². The average Bonchev–Trinajstić information content (AvgIpc) is 3.78. The summed E-state index contributed by atoms with van der Waals surface area (Å²) >= 11 is 0. The van der Waals surface area contributed by atoms with Gasteiger partial charge in [-0.1, -0.05) is 67.6 Å². The number of nitrogens with one attached hydrogen (secondary N) is 1. The number of aliphatic hydroxyl groups is 1. The Morgan fingerprint density at radius 3 is 2.28 bits per heavy atom. The fourth-order valence-corrected chi connectivity index (χ4v) is 12.7. The number of benzene rings is 4. The summed E-state index contributed by atoms with van der Waals surface area (Å²) in [7, 11) is -3.69. The van der Waals surface area contributed by atoms with E-state index in [1.807, 2.05) is 84.9 Å². The molecule has 4 heterocycles. The lowest BCUT2D eigenvalue weighted by Gasteiger charge is -2.39. The molecule has 3 fully saturated rings. The molecular formula is C45H51FN6O7Si. The van der Waals surface area contributed by atoms with Gasteiger partial charge in [-0.25, -0.2) is 0 Å². The quantitative estimate of drug-likeness (QED) is 0.0731. The molecule has 0 unspecified atom stereocenters. The summed E-state index contributed by atoms with van der Waals surface area (Å²) in [4.78, 5) is 62.3. The van der Waals surface area contributed by atoms with E-state index in [1.54, 1.807) is 11.8 Å². The van der Waals surface area contributed by atoms with Crippen LogP contribution in [0.1, 0.15) is 42.9 Å². The number of nitrogens with zero attached hydrogens (tertiary/aromatic N) is 5. The molecule has 15 heteroatoms. The van der Waals surface area contributed by atoms with Gasteiger partial charge in [-0.3, -0.25) is 29.4 Å². The van der Waals surface area contributed by atoms with Crippen molar-refractivity contribution in [3.05, 3.63) is 130 Å². The number of anilines is 3. The molecule has 4 atom stereocenters. The lowest BCUT2D eigenvalue weighted by molar-refractivity contribution is -0.385. The zero-order valence-corrected chi connectivity index (χ0v) is 35.1. The van der Waals surface area contributed by atoms with E-state index in [-0.39, 0.29) is 55.7 Å². The van der Waals surface area contributed by atoms with Crippen LogP contribution in [0.4, 0.5) is 26.9 Å². The molecule has 60 heavy (non-hydrogen) atoms. The van der Waals surface area contributed by atoms with Crippen molar-refractivity contribution in [3.8, 4) is 0 Å². The third-order valence-corrected chi connectivity index (χ3v) is 15.4. The van der Waals surface area contributed by atoms with Crippen molar-refractivity contribution < 1.29 is 33.3 Å². The number of carbonyl (C=O) groups is 3. The summed E-state index contributed by atoms with van der Waals surface area (Å²) in [6.45, 7) is 6.63. The number of hydrogen-bond acceptors (Lipinski definition) is 9. The summed E-state index contributed by atoms with van der Waals surface area (Å²) in [6, 6.07) is 31.0. The van der Waals surface area contributed by atoms with Crippen LogP contribution in [-0.4, -0.2) is 85.6 Å². The number of non-ortho nitro benzene ring substituents is 1. The van der Waals surface area contributed by atoms with Gasteiger partial charge < -0.3 is 34.0 Å². The van der Waals surface area contributed by atoms with Crippen LogP contribution in [-0.2, 0) is 37.8 Å². The molecule has 0 radical (unpaired) electrons. The van der Waals surface area contributed by atoms with Gasteiger partial charge in [0.1, 0.15) is 5.54 Å². The normalized spacial score (nSPS) is 23.5. The molecule has 4 aliphatic rings. The minimum atomic E-state index is -3.69. The van der Waals surface area contributed by atoms with Crippen LogP contribution in [0.5, 0.6) is 0 Å². The Balaban J connectivity index is 1.12. The maximum absolute atomic E-state index is 16.6. The fraction of sp³-hybridized carbons (Fsp3) is 0.400. The van der Waals surface area contributed by atoms with Crippen molar-refractivity contribution >= 4 is 48.9 Å². The lowest BCUT2D eigenvalue weighted by atomic mass is 9.82. The molecule has 8 rings (SSSR count). The smallest absolute Gasteiger partial charge is 0.269 e. The Kier molecular flexibility index (Phi) is 11.1. The van der Waals surface area contributed by atoms with E-state index in [0.717, 1.165) is 11.3 Å². The van der Waals surface area contributed by atoms with Crippen LogP contribution >= 0.6 is 0 Å². The van der Waals surface area contributed by atoms with Gasteiger partial charge in [0.2, 0.25) is 14.3 Å². The number of aliphatic hydroxyl groups excluding tert-OH is 1. The Morgan fingerprint density at radius 2 is 1.62 bits per heavy atom. The third kappa shape index (κ3) is 7.16. The molecule has 3 saturated heterocycles. The molecule has 13 nitrogen and oxygen atoms in total. The minimum absolute atomic E-state index is 0.0120. The molecular weight excluding hydrogens is 784 g/mol. The van der Waals surface area contributed by atoms with Crippen molar-refractivity contribution in [2.45, 2.75) is 75.2 Å². The van der Waals surface area contributed by atoms with E-state index in [1.165, 1.54) is 41.1 Å².